The summed E-state index contributed by atoms with van der Waals surface area (Å²) in [7, 11) is 7.37. The number of hydrogen-bond acceptors (Lipinski definition) is 3. The van der Waals surface area contributed by atoms with Gasteiger partial charge in [0.1, 0.15) is 11.9 Å². The fourth-order valence-corrected chi connectivity index (χ4v) is 5.85. The third-order valence-corrected chi connectivity index (χ3v) is 8.93. The van der Waals surface area contributed by atoms with E-state index in [1.54, 1.807) is 6.92 Å². The summed E-state index contributed by atoms with van der Waals surface area (Å²) in [6.45, 7) is 15.4. The number of rotatable bonds is 13. The van der Waals surface area contributed by atoms with Gasteiger partial charge in [0, 0.05) is 59.7 Å². The summed E-state index contributed by atoms with van der Waals surface area (Å²) in [5.41, 5.74) is 5.71. The first-order chi connectivity index (χ1) is 20.3. The van der Waals surface area contributed by atoms with Gasteiger partial charge in [0.05, 0.1) is 0 Å². The lowest BCUT2D eigenvalue weighted by Crippen LogP contribution is -2.54. The van der Waals surface area contributed by atoms with Gasteiger partial charge in [0.15, 0.2) is 0 Å². The molecule has 234 valence electrons. The van der Waals surface area contributed by atoms with Crippen molar-refractivity contribution < 1.29 is 14.0 Å². The number of aromatic nitrogens is 1. The van der Waals surface area contributed by atoms with Gasteiger partial charge in [-0.25, -0.2) is 4.39 Å². The monoisotopic (exact) mass is 626 g/mol. The van der Waals surface area contributed by atoms with Gasteiger partial charge in [0.2, 0.25) is 11.8 Å². The number of carbonyl (C=O) groups excluding carboxylic acids is 2. The number of aromatic amines is 1. The molecule has 0 saturated carbocycles. The molecule has 0 spiro atoms. The van der Waals surface area contributed by atoms with E-state index in [2.05, 4.69) is 78.9 Å². The fourth-order valence-electron chi connectivity index (χ4n) is 5.50. The summed E-state index contributed by atoms with van der Waals surface area (Å²) in [6.07, 6.45) is 3.52. The van der Waals surface area contributed by atoms with Crippen LogP contribution in [-0.2, 0) is 9.59 Å². The molecule has 1 heterocycles. The highest BCUT2D eigenvalue weighted by atomic mass is 31.0. The number of carbonyl (C=O) groups is 2. The van der Waals surface area contributed by atoms with Crippen molar-refractivity contribution >= 4 is 63.8 Å². The van der Waals surface area contributed by atoms with Gasteiger partial charge < -0.3 is 20.1 Å². The smallest absolute Gasteiger partial charge is 0.245 e. The summed E-state index contributed by atoms with van der Waals surface area (Å²) in [6, 6.07) is 10.5. The van der Waals surface area contributed by atoms with Gasteiger partial charge in [-0.3, -0.25) is 9.59 Å². The molecule has 0 aliphatic rings. The maximum atomic E-state index is 14.1. The van der Waals surface area contributed by atoms with Crippen LogP contribution in [0, 0.1) is 18.7 Å². The Labute approximate surface area is 261 Å². The van der Waals surface area contributed by atoms with Crippen LogP contribution >= 0.6 is 18.5 Å². The predicted molar refractivity (Wildman–Crippen MR) is 188 cm³/mol. The van der Waals surface area contributed by atoms with E-state index < -0.39 is 6.04 Å². The topological polar surface area (TPSA) is 68.4 Å². The molecule has 3 aromatic rings. The Morgan fingerprint density at radius 1 is 1.07 bits per heavy atom. The molecule has 43 heavy (non-hydrogen) atoms. The molecule has 0 aliphatic carbocycles. The summed E-state index contributed by atoms with van der Waals surface area (Å²) in [5.74, 6) is -0.558. The number of halogens is 1. The molecule has 0 saturated heterocycles. The fraction of sp³-hybridized carbons (Fsp3) is 0.471. The van der Waals surface area contributed by atoms with Gasteiger partial charge in [-0.2, -0.15) is 0 Å². The highest BCUT2D eigenvalue weighted by Crippen LogP contribution is 2.35. The summed E-state index contributed by atoms with van der Waals surface area (Å²) >= 11 is 0. The van der Waals surface area contributed by atoms with Crippen molar-refractivity contribution in [3.8, 4) is 0 Å². The number of fused-ring (bicyclic) bond motifs is 1. The number of hydrogen-bond donors (Lipinski definition) is 2. The van der Waals surface area contributed by atoms with Gasteiger partial charge in [-0.05, 0) is 86.3 Å². The van der Waals surface area contributed by atoms with Crippen LogP contribution in [0.3, 0.4) is 0 Å². The van der Waals surface area contributed by atoms with Crippen LogP contribution in [0.1, 0.15) is 71.2 Å². The van der Waals surface area contributed by atoms with E-state index >= 15 is 0 Å². The van der Waals surface area contributed by atoms with E-state index in [0.717, 1.165) is 57.3 Å². The van der Waals surface area contributed by atoms with Gasteiger partial charge in [-0.1, -0.05) is 39.8 Å². The van der Waals surface area contributed by atoms with Crippen molar-refractivity contribution in [2.75, 3.05) is 25.0 Å². The molecule has 3 rings (SSSR count). The van der Waals surface area contributed by atoms with E-state index in [0.29, 0.717) is 13.0 Å². The number of nitrogens with one attached hydrogen (secondary N) is 2. The first-order valence-corrected chi connectivity index (χ1v) is 16.5. The lowest BCUT2D eigenvalue weighted by atomic mass is 9.92. The van der Waals surface area contributed by atoms with Gasteiger partial charge in [-0.15, -0.1) is 18.5 Å². The number of likely N-dealkylation sites (N-methyl/N-ethyl adjacent to an activating group) is 1. The molecule has 2 aromatic carbocycles. The molecule has 6 nitrogen and oxygen atoms in total. The molecule has 9 heteroatoms. The van der Waals surface area contributed by atoms with E-state index in [-0.39, 0.29) is 35.3 Å². The van der Waals surface area contributed by atoms with Crippen LogP contribution in [0.5, 0.6) is 0 Å². The summed E-state index contributed by atoms with van der Waals surface area (Å²) in [4.78, 5) is 34.3. The van der Waals surface area contributed by atoms with E-state index in [4.69, 9.17) is 0 Å². The standard InChI is InChI=1S/C34H49FN4O2P2/c1-9-25(39(11-3)34(41)32(20(4)5)37-33(40)22(7)42)16-23(28-15-13-26(43)19-31(28)38(8)10-2)17-29-21(6)27-14-12-24(35)18-30(27)36-29/h12-15,17-20,22,25,32,36H,9-11,16,42-43H2,1-8H3,(H,37,40)/b23-17+/t22-,25?,32?/m0/s1. The second-order valence-corrected chi connectivity index (χ2v) is 13.4. The van der Waals surface area contributed by atoms with E-state index in [1.165, 1.54) is 12.1 Å². The molecular formula is C34H49FN4O2P2. The molecule has 2 amide bonds. The van der Waals surface area contributed by atoms with Crippen LogP contribution < -0.4 is 15.5 Å². The highest BCUT2D eigenvalue weighted by Gasteiger charge is 2.32. The minimum absolute atomic E-state index is 0.0597. The molecule has 4 unspecified atom stereocenters. The number of benzene rings is 2. The van der Waals surface area contributed by atoms with Crippen LogP contribution in [-0.4, -0.2) is 59.6 Å². The Hall–Kier alpha value is -2.75. The van der Waals surface area contributed by atoms with Crippen molar-refractivity contribution in [2.24, 2.45) is 5.92 Å². The molecule has 0 radical (unpaired) electrons. The average molecular weight is 627 g/mol. The Kier molecular flexibility index (Phi) is 12.4. The Morgan fingerprint density at radius 2 is 1.77 bits per heavy atom. The van der Waals surface area contributed by atoms with Crippen LogP contribution in [0.15, 0.2) is 36.4 Å². The summed E-state index contributed by atoms with van der Waals surface area (Å²) < 4.78 is 14.1. The Morgan fingerprint density at radius 3 is 2.35 bits per heavy atom. The normalized spacial score (nSPS) is 14.1. The van der Waals surface area contributed by atoms with Crippen LogP contribution in [0.4, 0.5) is 10.1 Å². The zero-order valence-electron chi connectivity index (χ0n) is 26.9. The number of amides is 2. The molecule has 2 N–H and O–H groups in total. The van der Waals surface area contributed by atoms with Crippen molar-refractivity contribution in [3.05, 3.63) is 59.0 Å². The quantitative estimate of drug-likeness (QED) is 0.212. The van der Waals surface area contributed by atoms with Crippen molar-refractivity contribution in [2.45, 2.75) is 79.1 Å². The second kappa shape index (κ2) is 15.3. The van der Waals surface area contributed by atoms with E-state index in [1.807, 2.05) is 38.7 Å². The number of aryl methyl sites for hydroxylation is 1. The van der Waals surface area contributed by atoms with Gasteiger partial charge >= 0.3 is 0 Å². The zero-order valence-corrected chi connectivity index (χ0v) is 29.2. The maximum absolute atomic E-state index is 14.1. The minimum Gasteiger partial charge on any atom is -0.374 e. The van der Waals surface area contributed by atoms with Crippen molar-refractivity contribution in [1.82, 2.24) is 15.2 Å². The second-order valence-electron chi connectivity index (χ2n) is 11.7. The molecule has 0 bridgehead atoms. The van der Waals surface area contributed by atoms with Crippen LogP contribution in [0.25, 0.3) is 22.6 Å². The number of anilines is 1. The summed E-state index contributed by atoms with van der Waals surface area (Å²) in [5, 5.41) is 5.06. The maximum Gasteiger partial charge on any atom is 0.245 e. The number of H-pyrrole nitrogens is 1. The third-order valence-electron chi connectivity index (χ3n) is 8.27. The van der Waals surface area contributed by atoms with Crippen molar-refractivity contribution in [3.63, 3.8) is 0 Å². The average Bonchev–Trinajstić information content (AvgIpc) is 3.27. The first-order valence-electron chi connectivity index (χ1n) is 15.3. The molecular weight excluding hydrogens is 577 g/mol. The van der Waals surface area contributed by atoms with Crippen LogP contribution in [0.2, 0.25) is 0 Å². The Bertz CT molecular complexity index is 1470. The predicted octanol–water partition coefficient (Wildman–Crippen LogP) is 6.53. The molecule has 5 atom stereocenters. The van der Waals surface area contributed by atoms with Gasteiger partial charge in [0.25, 0.3) is 0 Å². The van der Waals surface area contributed by atoms with E-state index in [9.17, 15) is 14.0 Å². The first kappa shape index (κ1) is 34.7. The largest absolute Gasteiger partial charge is 0.374 e. The van der Waals surface area contributed by atoms with Crippen molar-refractivity contribution in [1.29, 1.82) is 0 Å². The lowest BCUT2D eigenvalue weighted by molar-refractivity contribution is -0.139. The SMILES string of the molecule is CCC(C/C(=C\c1[nH]c2cc(F)ccc2c1C)c1ccc(P)cc1N(C)CC)N(CC)C(=O)C(NC(=O)[C@H](C)P)C(C)C. The molecule has 0 fully saturated rings. The molecule has 0 aliphatic heterocycles. The highest BCUT2D eigenvalue weighted by molar-refractivity contribution is 7.27. The minimum atomic E-state index is -0.610. The third kappa shape index (κ3) is 8.25. The zero-order chi connectivity index (χ0) is 32.0. The number of nitrogens with zero attached hydrogens (tertiary/aromatic N) is 2. The molecule has 1 aromatic heterocycles. The lowest BCUT2D eigenvalue weighted by Gasteiger charge is -2.36. The Balaban J connectivity index is 2.15.